The molecular formula is C12H11N3OS. The second-order valence-electron chi connectivity index (χ2n) is 3.89. The molecule has 0 fully saturated rings. The number of thiophene rings is 1. The Kier molecular flexibility index (Phi) is 2.33. The molecule has 0 spiro atoms. The fourth-order valence-electron chi connectivity index (χ4n) is 1.80. The van der Waals surface area contributed by atoms with Gasteiger partial charge in [-0.1, -0.05) is 12.2 Å². The van der Waals surface area contributed by atoms with E-state index in [-0.39, 0.29) is 5.56 Å². The second kappa shape index (κ2) is 3.85. The van der Waals surface area contributed by atoms with Crippen molar-refractivity contribution in [2.75, 3.05) is 11.4 Å². The van der Waals surface area contributed by atoms with E-state index >= 15 is 0 Å². The summed E-state index contributed by atoms with van der Waals surface area (Å²) in [4.78, 5) is 23.0. The molecule has 0 atom stereocenters. The Hall–Kier alpha value is -1.88. The summed E-state index contributed by atoms with van der Waals surface area (Å²) in [6, 6.07) is 1.88. The van der Waals surface area contributed by atoms with Crippen molar-refractivity contribution in [1.82, 2.24) is 9.97 Å². The van der Waals surface area contributed by atoms with Crippen LogP contribution in [-0.4, -0.2) is 16.5 Å². The molecule has 0 saturated heterocycles. The van der Waals surface area contributed by atoms with Crippen LogP contribution in [0.1, 0.15) is 4.88 Å². The first-order valence-electron chi connectivity index (χ1n) is 5.34. The standard InChI is InChI=1S/C12H11N3OS/c1-8-7-9-10(16)13-12(14-11(9)17-8)15-5-3-2-4-6-15/h2-5,7H,6H2,1H3,(H,13,14,16). The molecule has 0 radical (unpaired) electrons. The fraction of sp³-hybridized carbons (Fsp3) is 0.167. The minimum Gasteiger partial charge on any atom is -0.315 e. The van der Waals surface area contributed by atoms with Crippen LogP contribution in [0.3, 0.4) is 0 Å². The van der Waals surface area contributed by atoms with Gasteiger partial charge in [-0.2, -0.15) is 0 Å². The number of rotatable bonds is 1. The molecule has 1 aliphatic heterocycles. The average molecular weight is 245 g/mol. The maximum atomic E-state index is 11.9. The van der Waals surface area contributed by atoms with Crippen LogP contribution in [-0.2, 0) is 0 Å². The van der Waals surface area contributed by atoms with E-state index in [1.54, 1.807) is 11.3 Å². The molecule has 1 N–H and O–H groups in total. The van der Waals surface area contributed by atoms with Crippen LogP contribution >= 0.6 is 11.3 Å². The highest BCUT2D eigenvalue weighted by atomic mass is 32.1. The third-order valence-electron chi connectivity index (χ3n) is 2.60. The molecule has 0 unspecified atom stereocenters. The number of anilines is 1. The number of fused-ring (bicyclic) bond motifs is 1. The van der Waals surface area contributed by atoms with Crippen molar-refractivity contribution in [2.45, 2.75) is 6.92 Å². The lowest BCUT2D eigenvalue weighted by Gasteiger charge is -2.18. The van der Waals surface area contributed by atoms with Crippen LogP contribution in [0, 0.1) is 6.92 Å². The molecule has 0 aromatic carbocycles. The largest absolute Gasteiger partial charge is 0.315 e. The number of nitrogens with one attached hydrogen (secondary N) is 1. The number of aromatic amines is 1. The summed E-state index contributed by atoms with van der Waals surface area (Å²) in [5.41, 5.74) is -0.0719. The van der Waals surface area contributed by atoms with Crippen molar-refractivity contribution in [3.8, 4) is 0 Å². The topological polar surface area (TPSA) is 49.0 Å². The minimum atomic E-state index is -0.0719. The van der Waals surface area contributed by atoms with E-state index < -0.39 is 0 Å². The molecule has 2 aromatic rings. The fourth-order valence-corrected chi connectivity index (χ4v) is 2.68. The first-order chi connectivity index (χ1) is 8.24. The van der Waals surface area contributed by atoms with Gasteiger partial charge in [0, 0.05) is 17.6 Å². The molecule has 2 aromatic heterocycles. The first kappa shape index (κ1) is 10.3. The normalized spacial score (nSPS) is 14.8. The quantitative estimate of drug-likeness (QED) is 0.837. The Balaban J connectivity index is 2.15. The third-order valence-corrected chi connectivity index (χ3v) is 3.54. The Bertz CT molecular complexity index is 681. The number of hydrogen-bond acceptors (Lipinski definition) is 4. The van der Waals surface area contributed by atoms with Crippen molar-refractivity contribution in [2.24, 2.45) is 0 Å². The second-order valence-corrected chi connectivity index (χ2v) is 5.12. The Labute approximate surface area is 102 Å². The molecule has 0 bridgehead atoms. The molecule has 3 heterocycles. The summed E-state index contributed by atoms with van der Waals surface area (Å²) >= 11 is 1.54. The van der Waals surface area contributed by atoms with Crippen LogP contribution in [0.5, 0.6) is 0 Å². The Morgan fingerprint density at radius 1 is 1.47 bits per heavy atom. The van der Waals surface area contributed by atoms with Crippen LogP contribution in [0.25, 0.3) is 10.2 Å². The molecular weight excluding hydrogens is 234 g/mol. The van der Waals surface area contributed by atoms with E-state index in [0.717, 1.165) is 16.3 Å². The van der Waals surface area contributed by atoms with E-state index in [2.05, 4.69) is 9.97 Å². The van der Waals surface area contributed by atoms with E-state index in [0.29, 0.717) is 11.3 Å². The zero-order valence-corrected chi connectivity index (χ0v) is 10.1. The van der Waals surface area contributed by atoms with Crippen molar-refractivity contribution >= 4 is 27.5 Å². The minimum absolute atomic E-state index is 0.0719. The van der Waals surface area contributed by atoms with Crippen LogP contribution in [0.4, 0.5) is 5.95 Å². The number of aromatic nitrogens is 2. The van der Waals surface area contributed by atoms with Crippen molar-refractivity contribution in [1.29, 1.82) is 0 Å². The highest BCUT2D eigenvalue weighted by Crippen LogP contribution is 2.22. The van der Waals surface area contributed by atoms with Gasteiger partial charge in [0.05, 0.1) is 5.39 Å². The van der Waals surface area contributed by atoms with Gasteiger partial charge in [-0.25, -0.2) is 4.98 Å². The van der Waals surface area contributed by atoms with Crippen LogP contribution < -0.4 is 10.5 Å². The van der Waals surface area contributed by atoms with Gasteiger partial charge >= 0.3 is 0 Å². The monoisotopic (exact) mass is 245 g/mol. The van der Waals surface area contributed by atoms with Gasteiger partial charge < -0.3 is 4.90 Å². The summed E-state index contributed by atoms with van der Waals surface area (Å²) in [5.74, 6) is 0.602. The van der Waals surface area contributed by atoms with Gasteiger partial charge in [-0.3, -0.25) is 9.78 Å². The van der Waals surface area contributed by atoms with E-state index in [9.17, 15) is 4.79 Å². The first-order valence-corrected chi connectivity index (χ1v) is 6.16. The predicted octanol–water partition coefficient (Wildman–Crippen LogP) is 2.18. The van der Waals surface area contributed by atoms with Crippen LogP contribution in [0.15, 0.2) is 35.3 Å². The van der Waals surface area contributed by atoms with Gasteiger partial charge in [0.2, 0.25) is 5.95 Å². The zero-order chi connectivity index (χ0) is 11.8. The number of H-pyrrole nitrogens is 1. The van der Waals surface area contributed by atoms with Crippen molar-refractivity contribution < 1.29 is 0 Å². The molecule has 4 nitrogen and oxygen atoms in total. The third kappa shape index (κ3) is 1.78. The lowest BCUT2D eigenvalue weighted by molar-refractivity contribution is 0.979. The predicted molar refractivity (Wildman–Crippen MR) is 70.6 cm³/mol. The van der Waals surface area contributed by atoms with Gasteiger partial charge in [0.25, 0.3) is 5.56 Å². The smallest absolute Gasteiger partial charge is 0.261 e. The van der Waals surface area contributed by atoms with Gasteiger partial charge in [-0.05, 0) is 19.1 Å². The lowest BCUT2D eigenvalue weighted by Crippen LogP contribution is -2.23. The maximum Gasteiger partial charge on any atom is 0.261 e. The summed E-state index contributed by atoms with van der Waals surface area (Å²) < 4.78 is 0. The van der Waals surface area contributed by atoms with Crippen LogP contribution in [0.2, 0.25) is 0 Å². The number of hydrogen-bond donors (Lipinski definition) is 1. The Morgan fingerprint density at radius 3 is 3.12 bits per heavy atom. The molecule has 0 aliphatic carbocycles. The van der Waals surface area contributed by atoms with Gasteiger partial charge in [-0.15, -0.1) is 11.3 Å². The van der Waals surface area contributed by atoms with Gasteiger partial charge in [0.1, 0.15) is 4.83 Å². The lowest BCUT2D eigenvalue weighted by atomic mass is 10.3. The highest BCUT2D eigenvalue weighted by Gasteiger charge is 2.11. The molecule has 5 heteroatoms. The number of nitrogens with zero attached hydrogens (tertiary/aromatic N) is 2. The number of aryl methyl sites for hydroxylation is 1. The Morgan fingerprint density at radius 2 is 2.35 bits per heavy atom. The van der Waals surface area contributed by atoms with Crippen molar-refractivity contribution in [3.05, 3.63) is 45.7 Å². The summed E-state index contributed by atoms with van der Waals surface area (Å²) in [5, 5.41) is 0.674. The molecule has 0 saturated carbocycles. The summed E-state index contributed by atoms with van der Waals surface area (Å²) in [7, 11) is 0. The van der Waals surface area contributed by atoms with Crippen molar-refractivity contribution in [3.63, 3.8) is 0 Å². The SMILES string of the molecule is Cc1cc2c(=O)[nH]c(N3C=CC=CC3)nc2s1. The number of allylic oxidation sites excluding steroid dienone is 2. The van der Waals surface area contributed by atoms with E-state index in [1.807, 2.05) is 42.3 Å². The molecule has 0 amide bonds. The average Bonchev–Trinajstić information content (AvgIpc) is 2.71. The highest BCUT2D eigenvalue weighted by molar-refractivity contribution is 7.18. The molecule has 17 heavy (non-hydrogen) atoms. The van der Waals surface area contributed by atoms with E-state index in [1.165, 1.54) is 0 Å². The van der Waals surface area contributed by atoms with E-state index in [4.69, 9.17) is 0 Å². The zero-order valence-electron chi connectivity index (χ0n) is 9.30. The summed E-state index contributed by atoms with van der Waals surface area (Å²) in [6.07, 6.45) is 7.82. The summed E-state index contributed by atoms with van der Waals surface area (Å²) in [6.45, 7) is 2.71. The molecule has 86 valence electrons. The molecule has 3 rings (SSSR count). The maximum absolute atomic E-state index is 11.9. The molecule has 1 aliphatic rings. The van der Waals surface area contributed by atoms with Gasteiger partial charge in [0.15, 0.2) is 0 Å².